The van der Waals surface area contributed by atoms with Gasteiger partial charge in [-0.05, 0) is 12.3 Å². The maximum absolute atomic E-state index is 12.7. The van der Waals surface area contributed by atoms with E-state index in [4.69, 9.17) is 5.73 Å². The Bertz CT molecular complexity index is 761. The van der Waals surface area contributed by atoms with Crippen LogP contribution in [0.5, 0.6) is 0 Å². The number of nitrogens with one attached hydrogen (secondary N) is 1. The number of nitrogens with zero attached hydrogens (tertiary/aromatic N) is 1. The van der Waals surface area contributed by atoms with E-state index in [-0.39, 0.29) is 19.1 Å². The molecule has 0 spiro atoms. The number of benzene rings is 2. The van der Waals surface area contributed by atoms with E-state index in [0.717, 1.165) is 30.4 Å². The number of rotatable bonds is 10. The standard InChI is InChI=1S/C21H28N2O2S.CH3.ClH.Ru/c1-3-11-17(4-2)16-26(24,25)23-21(19-14-9-6-10-15-19)20(22)18-12-7-5-8-13-18;;;/h5-10,12-15,17,20-22H,3-4,11,16H2,1-2H3;1H3;1H;/q-2;-1;;+4/p-1. The molecule has 29 heavy (non-hydrogen) atoms. The van der Waals surface area contributed by atoms with E-state index in [9.17, 15) is 8.42 Å². The minimum atomic E-state index is -3.61. The molecule has 2 aromatic rings. The molecule has 0 saturated heterocycles. The van der Waals surface area contributed by atoms with Crippen molar-refractivity contribution < 1.29 is 25.7 Å². The van der Waals surface area contributed by atoms with E-state index < -0.39 is 22.1 Å². The van der Waals surface area contributed by atoms with Crippen molar-refractivity contribution in [3.8, 4) is 0 Å². The van der Waals surface area contributed by atoms with Crippen LogP contribution >= 0.6 is 9.69 Å². The summed E-state index contributed by atoms with van der Waals surface area (Å²) in [6.07, 6.45) is 2.66. The molecule has 2 aromatic carbocycles. The molecular weight excluding hydrogens is 493 g/mol. The molecule has 2 rings (SSSR count). The van der Waals surface area contributed by atoms with Gasteiger partial charge in [-0.1, -0.05) is 98.5 Å². The van der Waals surface area contributed by atoms with Crippen LogP contribution in [-0.4, -0.2) is 14.2 Å². The van der Waals surface area contributed by atoms with Crippen LogP contribution in [-0.2, 0) is 27.3 Å². The van der Waals surface area contributed by atoms with E-state index in [1.807, 2.05) is 84.9 Å². The second-order valence-corrected chi connectivity index (χ2v) is 8.37. The van der Waals surface area contributed by atoms with Gasteiger partial charge in [-0.2, -0.15) is 0 Å². The molecule has 3 unspecified atom stereocenters. The van der Waals surface area contributed by atoms with Crippen LogP contribution < -0.4 is 0 Å². The molecule has 0 aliphatic rings. The van der Waals surface area contributed by atoms with Crippen molar-refractivity contribution in [2.75, 3.05) is 5.75 Å². The predicted molar refractivity (Wildman–Crippen MR) is 121 cm³/mol. The van der Waals surface area contributed by atoms with Crippen LogP contribution in [0.1, 0.15) is 56.3 Å². The van der Waals surface area contributed by atoms with Crippen molar-refractivity contribution in [3.63, 3.8) is 0 Å². The zero-order valence-corrected chi connectivity index (χ0v) is 20.5. The van der Waals surface area contributed by atoms with Crippen LogP contribution in [0, 0.1) is 13.3 Å². The Labute approximate surface area is 191 Å². The predicted octanol–water partition coefficient (Wildman–Crippen LogP) is 7.19. The summed E-state index contributed by atoms with van der Waals surface area (Å²) < 4.78 is 29.7. The molecule has 0 aliphatic heterocycles. The summed E-state index contributed by atoms with van der Waals surface area (Å²) >= 11 is 1.82. The average Bonchev–Trinajstić information content (AvgIpc) is 2.74. The molecule has 4 nitrogen and oxygen atoms in total. The van der Waals surface area contributed by atoms with Crippen LogP contribution in [0.4, 0.5) is 0 Å². The van der Waals surface area contributed by atoms with E-state index in [2.05, 4.69) is 21.3 Å². The zero-order valence-electron chi connectivity index (χ0n) is 17.2. The fourth-order valence-corrected chi connectivity index (χ4v) is 4.81. The first-order valence-corrected chi connectivity index (χ1v) is 13.2. The molecule has 0 radical (unpaired) electrons. The summed E-state index contributed by atoms with van der Waals surface area (Å²) in [6.45, 7) is 4.08. The van der Waals surface area contributed by atoms with Gasteiger partial charge in [0.15, 0.2) is 0 Å². The van der Waals surface area contributed by atoms with Crippen molar-refractivity contribution >= 4 is 19.7 Å². The van der Waals surface area contributed by atoms with Crippen LogP contribution in [0.25, 0.3) is 10.5 Å². The second-order valence-electron chi connectivity index (χ2n) is 6.66. The summed E-state index contributed by atoms with van der Waals surface area (Å²) in [4.78, 5) is 0. The van der Waals surface area contributed by atoms with Crippen molar-refractivity contribution in [2.45, 2.75) is 45.2 Å². The number of sulfonamides is 1. The fourth-order valence-electron chi connectivity index (χ4n) is 3.13. The topological polar surface area (TPSA) is 72.0 Å². The molecule has 1 N–H and O–H groups in total. The van der Waals surface area contributed by atoms with Gasteiger partial charge in [-0.15, -0.1) is 12.1 Å². The Morgan fingerprint density at radius 2 is 1.45 bits per heavy atom. The van der Waals surface area contributed by atoms with Gasteiger partial charge in [0.25, 0.3) is 0 Å². The van der Waals surface area contributed by atoms with Gasteiger partial charge < -0.3 is 17.9 Å². The Morgan fingerprint density at radius 1 is 0.966 bits per heavy atom. The van der Waals surface area contributed by atoms with E-state index in [0.29, 0.717) is 0 Å². The second kappa shape index (κ2) is 15.1. The van der Waals surface area contributed by atoms with Gasteiger partial charge in [0.1, 0.15) is 0 Å². The Morgan fingerprint density at radius 3 is 1.90 bits per heavy atom. The van der Waals surface area contributed by atoms with Crippen LogP contribution in [0.3, 0.4) is 0 Å². The van der Waals surface area contributed by atoms with Gasteiger partial charge >= 0.3 is 27.0 Å². The third-order valence-electron chi connectivity index (χ3n) is 4.61. The van der Waals surface area contributed by atoms with Crippen LogP contribution in [0.2, 0.25) is 0 Å². The summed E-state index contributed by atoms with van der Waals surface area (Å²) in [5.74, 6) is 0.174. The molecule has 0 fully saturated rings. The van der Waals surface area contributed by atoms with Gasteiger partial charge in [0.05, 0.1) is 10.0 Å². The third-order valence-corrected chi connectivity index (χ3v) is 6.05. The van der Waals surface area contributed by atoms with Crippen molar-refractivity contribution in [1.82, 2.24) is 0 Å². The Hall–Kier alpha value is -0.777. The number of hydrogen-bond donors (Lipinski definition) is 0. The molecule has 0 aliphatic carbocycles. The first-order valence-electron chi connectivity index (χ1n) is 9.36. The molecule has 0 amide bonds. The molecule has 3 atom stereocenters. The minimum absolute atomic E-state index is 0. The van der Waals surface area contributed by atoms with E-state index in [1.165, 1.54) is 0 Å². The molecular formula is C22H31ClN2O2RuS. The van der Waals surface area contributed by atoms with Crippen molar-refractivity contribution in [2.24, 2.45) is 5.92 Å². The van der Waals surface area contributed by atoms with Gasteiger partial charge in [0.2, 0.25) is 0 Å². The SMILES string of the molecule is CCCC(CC)CS(=O)(=O)[N-]C(c1ccccc1)C([NH-])c1ccccc1.[CH3-].[Cl][Ru+3]. The maximum atomic E-state index is 12.7. The molecule has 7 heteroatoms. The first kappa shape index (κ1) is 28.2. The molecule has 162 valence electrons. The first-order chi connectivity index (χ1) is 13.5. The Kier molecular flexibility index (Phi) is 14.7. The molecule has 0 aromatic heterocycles. The van der Waals surface area contributed by atoms with Crippen molar-refractivity contribution in [3.05, 3.63) is 89.7 Å². The average molecular weight is 524 g/mol. The normalized spacial score (nSPS) is 13.9. The van der Waals surface area contributed by atoms with Gasteiger partial charge in [-0.25, -0.2) is 8.42 Å². The summed E-state index contributed by atoms with van der Waals surface area (Å²) in [7, 11) is 0.958. The number of halogens is 1. The molecule has 0 bridgehead atoms. The number of hydrogen-bond acceptors (Lipinski definition) is 2. The van der Waals surface area contributed by atoms with Crippen LogP contribution in [0.15, 0.2) is 60.7 Å². The summed E-state index contributed by atoms with van der Waals surface area (Å²) in [5, 5.41) is 0. The summed E-state index contributed by atoms with van der Waals surface area (Å²) in [6, 6.07) is 17.1. The quantitative estimate of drug-likeness (QED) is 0.244. The van der Waals surface area contributed by atoms with E-state index in [1.54, 1.807) is 0 Å². The molecule has 0 saturated carbocycles. The fraction of sp³-hybridized carbons (Fsp3) is 0.409. The Balaban J connectivity index is 0.00000253. The monoisotopic (exact) mass is 524 g/mol. The van der Waals surface area contributed by atoms with Gasteiger partial charge in [0, 0.05) is 5.75 Å². The van der Waals surface area contributed by atoms with E-state index >= 15 is 0 Å². The third kappa shape index (κ3) is 9.71. The zero-order chi connectivity index (χ0) is 21.0. The molecule has 0 heterocycles. The van der Waals surface area contributed by atoms with Crippen molar-refractivity contribution in [1.29, 1.82) is 0 Å². The van der Waals surface area contributed by atoms with Gasteiger partial charge in [-0.3, -0.25) is 0 Å². The summed E-state index contributed by atoms with van der Waals surface area (Å²) in [5.41, 5.74) is 10.2.